The first-order chi connectivity index (χ1) is 9.38. The number of rotatable bonds is 4. The number of sulfonamides is 1. The van der Waals surface area contributed by atoms with E-state index in [1.807, 2.05) is 0 Å². The van der Waals surface area contributed by atoms with Crippen molar-refractivity contribution in [3.63, 3.8) is 0 Å². The van der Waals surface area contributed by atoms with Gasteiger partial charge in [0.2, 0.25) is 15.6 Å². The monoisotopic (exact) mass is 316 g/mol. The summed E-state index contributed by atoms with van der Waals surface area (Å²) in [5, 5.41) is -0.0780. The van der Waals surface area contributed by atoms with Crippen LogP contribution in [-0.2, 0) is 16.6 Å². The van der Waals surface area contributed by atoms with E-state index >= 15 is 0 Å². The Morgan fingerprint density at radius 3 is 2.60 bits per heavy atom. The Morgan fingerprint density at radius 2 is 2.00 bits per heavy atom. The zero-order valence-corrected chi connectivity index (χ0v) is 11.6. The topological polar surface area (TPSA) is 79.0 Å². The van der Waals surface area contributed by atoms with E-state index in [0.29, 0.717) is 5.56 Å². The third-order valence-electron chi connectivity index (χ3n) is 2.52. The van der Waals surface area contributed by atoms with Gasteiger partial charge in [-0.2, -0.15) is 0 Å². The molecule has 1 aromatic heterocycles. The van der Waals surface area contributed by atoms with E-state index in [2.05, 4.69) is 9.71 Å². The molecule has 0 aliphatic heterocycles. The summed E-state index contributed by atoms with van der Waals surface area (Å²) in [7, 11) is -3.76. The highest BCUT2D eigenvalue weighted by Crippen LogP contribution is 2.16. The molecular formula is C12H10ClFN2O3S. The third-order valence-corrected chi connectivity index (χ3v) is 4.20. The number of nitrogens with one attached hydrogen (secondary N) is 2. The predicted molar refractivity (Wildman–Crippen MR) is 72.5 cm³/mol. The van der Waals surface area contributed by atoms with Crippen LogP contribution in [0.2, 0.25) is 5.02 Å². The molecule has 0 aliphatic carbocycles. The molecule has 0 bridgehead atoms. The van der Waals surface area contributed by atoms with E-state index in [4.69, 9.17) is 11.6 Å². The maximum Gasteiger partial charge on any atom is 0.247 e. The average molecular weight is 317 g/mol. The normalized spacial score (nSPS) is 11.5. The molecule has 0 fully saturated rings. The summed E-state index contributed by atoms with van der Waals surface area (Å²) in [6.45, 7) is -0.0402. The summed E-state index contributed by atoms with van der Waals surface area (Å²) in [4.78, 5) is 13.1. The smallest absolute Gasteiger partial charge is 0.247 e. The molecule has 1 heterocycles. The molecule has 20 heavy (non-hydrogen) atoms. The molecular weight excluding hydrogens is 307 g/mol. The van der Waals surface area contributed by atoms with Gasteiger partial charge in [-0.3, -0.25) is 4.79 Å². The summed E-state index contributed by atoms with van der Waals surface area (Å²) in [6.07, 6.45) is 1.10. The first kappa shape index (κ1) is 14.7. The molecule has 1 aromatic carbocycles. The molecule has 0 aliphatic rings. The van der Waals surface area contributed by atoms with Crippen molar-refractivity contribution in [1.29, 1.82) is 0 Å². The maximum absolute atomic E-state index is 13.0. The molecule has 0 spiro atoms. The van der Waals surface area contributed by atoms with Gasteiger partial charge in [-0.05, 0) is 23.8 Å². The second-order valence-electron chi connectivity index (χ2n) is 3.96. The molecule has 0 atom stereocenters. The number of benzene rings is 1. The summed E-state index contributed by atoms with van der Waals surface area (Å²) < 4.78 is 39.2. The summed E-state index contributed by atoms with van der Waals surface area (Å²) in [5.41, 5.74) is 0.124. The van der Waals surface area contributed by atoms with Crippen LogP contribution in [-0.4, -0.2) is 13.4 Å². The number of hydrogen-bond acceptors (Lipinski definition) is 3. The van der Waals surface area contributed by atoms with Crippen LogP contribution in [0.4, 0.5) is 4.39 Å². The number of aromatic amines is 1. The average Bonchev–Trinajstić information content (AvgIpc) is 2.41. The van der Waals surface area contributed by atoms with Crippen molar-refractivity contribution >= 4 is 21.6 Å². The SMILES string of the molecule is O=c1ccc(S(=O)(=O)NCc2ccc(F)c(Cl)c2)c[nH]1. The lowest BCUT2D eigenvalue weighted by molar-refractivity contribution is 0.580. The highest BCUT2D eigenvalue weighted by Gasteiger charge is 2.13. The molecule has 0 radical (unpaired) electrons. The van der Waals surface area contributed by atoms with Gasteiger partial charge in [0.25, 0.3) is 0 Å². The van der Waals surface area contributed by atoms with Crippen molar-refractivity contribution in [3.8, 4) is 0 Å². The zero-order valence-electron chi connectivity index (χ0n) is 10.1. The Bertz CT molecular complexity index is 769. The van der Waals surface area contributed by atoms with Gasteiger partial charge in [0, 0.05) is 18.8 Å². The number of aromatic nitrogens is 1. The van der Waals surface area contributed by atoms with Crippen molar-refractivity contribution in [1.82, 2.24) is 9.71 Å². The van der Waals surface area contributed by atoms with Crippen molar-refractivity contribution in [2.75, 3.05) is 0 Å². The van der Waals surface area contributed by atoms with Crippen molar-refractivity contribution < 1.29 is 12.8 Å². The van der Waals surface area contributed by atoms with Crippen LogP contribution in [0.25, 0.3) is 0 Å². The number of hydrogen-bond donors (Lipinski definition) is 2. The highest BCUT2D eigenvalue weighted by molar-refractivity contribution is 7.89. The lowest BCUT2D eigenvalue weighted by Crippen LogP contribution is -2.24. The Hall–Kier alpha value is -1.70. The third kappa shape index (κ3) is 3.44. The molecule has 5 nitrogen and oxygen atoms in total. The molecule has 0 unspecified atom stereocenters. The maximum atomic E-state index is 13.0. The van der Waals surface area contributed by atoms with E-state index < -0.39 is 21.4 Å². The predicted octanol–water partition coefficient (Wildman–Crippen LogP) is 1.65. The van der Waals surface area contributed by atoms with Gasteiger partial charge in [0.15, 0.2) is 0 Å². The Kier molecular flexibility index (Phi) is 4.22. The van der Waals surface area contributed by atoms with Gasteiger partial charge in [-0.25, -0.2) is 17.5 Å². The van der Waals surface area contributed by atoms with Crippen LogP contribution in [0.5, 0.6) is 0 Å². The highest BCUT2D eigenvalue weighted by atomic mass is 35.5. The van der Waals surface area contributed by atoms with Crippen molar-refractivity contribution in [2.24, 2.45) is 0 Å². The number of pyridine rings is 1. The molecule has 8 heteroatoms. The molecule has 0 saturated carbocycles. The molecule has 2 rings (SSSR count). The Balaban J connectivity index is 2.14. The minimum Gasteiger partial charge on any atom is -0.328 e. The first-order valence-electron chi connectivity index (χ1n) is 5.51. The van der Waals surface area contributed by atoms with Crippen molar-refractivity contribution in [2.45, 2.75) is 11.4 Å². The fraction of sp³-hybridized carbons (Fsp3) is 0.0833. The molecule has 0 amide bonds. The lowest BCUT2D eigenvalue weighted by Gasteiger charge is -2.07. The van der Waals surface area contributed by atoms with Gasteiger partial charge < -0.3 is 4.98 Å². The second kappa shape index (κ2) is 5.74. The molecule has 0 saturated heterocycles. The molecule has 2 aromatic rings. The van der Waals surface area contributed by atoms with Crippen LogP contribution in [0.1, 0.15) is 5.56 Å². The van der Waals surface area contributed by atoms with E-state index in [9.17, 15) is 17.6 Å². The van der Waals surface area contributed by atoms with Gasteiger partial charge in [-0.15, -0.1) is 0 Å². The van der Waals surface area contributed by atoms with E-state index in [1.54, 1.807) is 0 Å². The first-order valence-corrected chi connectivity index (χ1v) is 7.37. The van der Waals surface area contributed by atoms with Crippen LogP contribution >= 0.6 is 11.6 Å². The standard InChI is InChI=1S/C12H10ClFN2O3S/c13-10-5-8(1-3-11(10)14)6-16-20(18,19)9-2-4-12(17)15-7-9/h1-5,7,16H,6H2,(H,15,17). The minimum absolute atomic E-state index is 0.0402. The number of halogens is 2. The summed E-state index contributed by atoms with van der Waals surface area (Å²) in [5.74, 6) is -0.570. The van der Waals surface area contributed by atoms with Crippen LogP contribution in [0.15, 0.2) is 46.2 Å². The summed E-state index contributed by atoms with van der Waals surface area (Å²) in [6, 6.07) is 6.23. The Labute approximate surface area is 119 Å². The van der Waals surface area contributed by atoms with E-state index in [1.165, 1.54) is 18.2 Å². The second-order valence-corrected chi connectivity index (χ2v) is 6.14. The summed E-state index contributed by atoms with van der Waals surface area (Å²) >= 11 is 5.61. The van der Waals surface area contributed by atoms with Gasteiger partial charge in [-0.1, -0.05) is 17.7 Å². The van der Waals surface area contributed by atoms with Crippen LogP contribution in [0.3, 0.4) is 0 Å². The quantitative estimate of drug-likeness (QED) is 0.900. The van der Waals surface area contributed by atoms with Gasteiger partial charge in [0.1, 0.15) is 5.82 Å². The minimum atomic E-state index is -3.76. The van der Waals surface area contributed by atoms with Crippen LogP contribution < -0.4 is 10.3 Å². The van der Waals surface area contributed by atoms with Crippen LogP contribution in [0, 0.1) is 5.82 Å². The molecule has 2 N–H and O–H groups in total. The largest absolute Gasteiger partial charge is 0.328 e. The van der Waals surface area contributed by atoms with Gasteiger partial charge >= 0.3 is 0 Å². The van der Waals surface area contributed by atoms with E-state index in [0.717, 1.165) is 18.3 Å². The van der Waals surface area contributed by atoms with Gasteiger partial charge in [0.05, 0.1) is 9.92 Å². The van der Waals surface area contributed by atoms with Crippen molar-refractivity contribution in [3.05, 3.63) is 63.3 Å². The molecule has 106 valence electrons. The number of H-pyrrole nitrogens is 1. The van der Waals surface area contributed by atoms with E-state index in [-0.39, 0.29) is 16.5 Å². The zero-order chi connectivity index (χ0) is 14.8. The fourth-order valence-electron chi connectivity index (χ4n) is 1.47. The lowest BCUT2D eigenvalue weighted by atomic mass is 10.2. The fourth-order valence-corrected chi connectivity index (χ4v) is 2.66. The Morgan fingerprint density at radius 1 is 1.25 bits per heavy atom.